The maximum atomic E-state index is 14.4. The van der Waals surface area contributed by atoms with Gasteiger partial charge in [-0.15, -0.1) is 0 Å². The predicted octanol–water partition coefficient (Wildman–Crippen LogP) is 2.39. The van der Waals surface area contributed by atoms with E-state index in [-0.39, 0.29) is 30.9 Å². The van der Waals surface area contributed by atoms with Gasteiger partial charge in [-0.1, -0.05) is 27.7 Å². The Bertz CT molecular complexity index is 1220. The lowest BCUT2D eigenvalue weighted by molar-refractivity contribution is -0.319. The number of carbonyl (C=O) groups is 1. The number of nitrogens with zero attached hydrogens (tertiary/aromatic N) is 1. The lowest BCUT2D eigenvalue weighted by Gasteiger charge is -2.49. The fourth-order valence-corrected chi connectivity index (χ4v) is 9.96. The van der Waals surface area contributed by atoms with Gasteiger partial charge in [0.25, 0.3) is 0 Å². The molecule has 5 saturated heterocycles. The normalized spacial score (nSPS) is 49.4. The first-order valence-electron chi connectivity index (χ1n) is 19.9. The molecule has 14 nitrogen and oxygen atoms in total. The molecule has 0 amide bonds. The van der Waals surface area contributed by atoms with Crippen molar-refractivity contribution in [2.45, 2.75) is 185 Å². The van der Waals surface area contributed by atoms with Gasteiger partial charge in [0.1, 0.15) is 23.9 Å². The molecule has 5 heterocycles. The van der Waals surface area contributed by atoms with Crippen molar-refractivity contribution in [2.24, 2.45) is 23.7 Å². The van der Waals surface area contributed by atoms with Crippen molar-refractivity contribution >= 4 is 5.97 Å². The Morgan fingerprint density at radius 2 is 1.66 bits per heavy atom. The molecule has 19 atom stereocenters. The van der Waals surface area contributed by atoms with Crippen molar-refractivity contribution in [2.75, 3.05) is 33.4 Å². The van der Waals surface area contributed by atoms with Gasteiger partial charge in [-0.05, 0) is 66.7 Å². The van der Waals surface area contributed by atoms with Crippen LogP contribution in [-0.2, 0) is 42.7 Å². The number of cyclic esters (lactones) is 1. The second kappa shape index (κ2) is 16.8. The van der Waals surface area contributed by atoms with Gasteiger partial charge in [0.2, 0.25) is 0 Å². The zero-order valence-corrected chi connectivity index (χ0v) is 33.8. The SMILES string of the molecule is CC[C@@H](O)[C@@](C)(O)[C@@H]1OC(=O)[C@H](C)[C@@H](O[C@H]2CC(C)(OC)[C@@H](O)C(C)O2)[C@H](C)[C@@H](O[C@@H]2OC(C)CC(N3CCOCC3)C2O)[C@@]2(C)CC(C)C(O2)[C@@H]1C. The Morgan fingerprint density at radius 1 is 1.00 bits per heavy atom. The van der Waals surface area contributed by atoms with Crippen LogP contribution < -0.4 is 0 Å². The molecule has 5 aliphatic heterocycles. The lowest BCUT2D eigenvalue weighted by atomic mass is 9.76. The molecule has 14 heteroatoms. The van der Waals surface area contributed by atoms with Gasteiger partial charge in [-0.25, -0.2) is 0 Å². The van der Waals surface area contributed by atoms with Crippen molar-refractivity contribution in [3.63, 3.8) is 0 Å². The first-order valence-corrected chi connectivity index (χ1v) is 19.9. The number of morpholine rings is 1. The Hall–Kier alpha value is -1.01. The second-order valence-corrected chi connectivity index (χ2v) is 17.4. The highest BCUT2D eigenvalue weighted by Gasteiger charge is 2.59. The highest BCUT2D eigenvalue weighted by Crippen LogP contribution is 2.48. The van der Waals surface area contributed by atoms with Crippen LogP contribution in [0.3, 0.4) is 0 Å². The third kappa shape index (κ3) is 8.64. The number of aliphatic hydroxyl groups excluding tert-OH is 3. The van der Waals surface area contributed by atoms with Crippen molar-refractivity contribution in [1.82, 2.24) is 4.90 Å². The smallest absolute Gasteiger partial charge is 0.311 e. The zero-order valence-electron chi connectivity index (χ0n) is 33.8. The third-order valence-corrected chi connectivity index (χ3v) is 13.2. The fourth-order valence-electron chi connectivity index (χ4n) is 9.96. The van der Waals surface area contributed by atoms with Gasteiger partial charge in [0.05, 0.1) is 67.0 Å². The number of aliphatic hydroxyl groups is 4. The number of hydrogen-bond donors (Lipinski definition) is 4. The van der Waals surface area contributed by atoms with Crippen LogP contribution in [0.4, 0.5) is 0 Å². The summed E-state index contributed by atoms with van der Waals surface area (Å²) >= 11 is 0. The van der Waals surface area contributed by atoms with Crippen LogP contribution in [0.1, 0.15) is 94.9 Å². The minimum atomic E-state index is -1.79. The Labute approximate surface area is 316 Å². The van der Waals surface area contributed by atoms with Crippen LogP contribution in [0.5, 0.6) is 0 Å². The fraction of sp³-hybridized carbons (Fsp3) is 0.974. The molecule has 0 aromatic heterocycles. The van der Waals surface area contributed by atoms with E-state index in [2.05, 4.69) is 11.8 Å². The topological polar surface area (TPSA) is 175 Å². The summed E-state index contributed by atoms with van der Waals surface area (Å²) in [6.45, 7) is 21.0. The van der Waals surface area contributed by atoms with Crippen molar-refractivity contribution in [1.29, 1.82) is 0 Å². The number of rotatable bonds is 9. The summed E-state index contributed by atoms with van der Waals surface area (Å²) < 4.78 is 51.1. The first-order chi connectivity index (χ1) is 24.8. The summed E-state index contributed by atoms with van der Waals surface area (Å²) in [4.78, 5) is 16.6. The molecule has 308 valence electrons. The molecule has 0 saturated carbocycles. The predicted molar refractivity (Wildman–Crippen MR) is 193 cm³/mol. The first kappa shape index (κ1) is 43.1. The van der Waals surface area contributed by atoms with Crippen molar-refractivity contribution in [3.05, 3.63) is 0 Å². The van der Waals surface area contributed by atoms with E-state index in [1.807, 2.05) is 27.7 Å². The molecule has 0 spiro atoms. The van der Waals surface area contributed by atoms with Crippen molar-refractivity contribution in [3.8, 4) is 0 Å². The minimum absolute atomic E-state index is 0.0658. The van der Waals surface area contributed by atoms with E-state index in [0.29, 0.717) is 39.1 Å². The van der Waals surface area contributed by atoms with E-state index >= 15 is 0 Å². The average molecular weight is 760 g/mol. The number of methoxy groups -OCH3 is 1. The van der Waals surface area contributed by atoms with Gasteiger partial charge in [0.15, 0.2) is 12.6 Å². The second-order valence-electron chi connectivity index (χ2n) is 17.4. The largest absolute Gasteiger partial charge is 0.459 e. The average Bonchev–Trinajstić information content (AvgIpc) is 3.44. The monoisotopic (exact) mass is 759 g/mol. The highest BCUT2D eigenvalue weighted by atomic mass is 16.7. The van der Waals surface area contributed by atoms with Crippen molar-refractivity contribution < 1.29 is 63.1 Å². The van der Waals surface area contributed by atoms with Gasteiger partial charge < -0.3 is 58.3 Å². The molecule has 0 radical (unpaired) electrons. The van der Waals surface area contributed by atoms with Gasteiger partial charge in [-0.3, -0.25) is 9.69 Å². The highest BCUT2D eigenvalue weighted by molar-refractivity contribution is 5.73. The third-order valence-electron chi connectivity index (χ3n) is 13.2. The Morgan fingerprint density at radius 3 is 2.28 bits per heavy atom. The van der Waals surface area contributed by atoms with E-state index in [1.165, 1.54) is 14.0 Å². The Balaban J connectivity index is 1.57. The molecular formula is C39H69NO13. The molecule has 0 aromatic carbocycles. The lowest BCUT2D eigenvalue weighted by Crippen LogP contribution is -2.61. The van der Waals surface area contributed by atoms with Gasteiger partial charge in [0, 0.05) is 44.5 Å². The molecule has 53 heavy (non-hydrogen) atoms. The van der Waals surface area contributed by atoms with Crippen LogP contribution in [0.15, 0.2) is 0 Å². The molecule has 7 unspecified atom stereocenters. The van der Waals surface area contributed by atoms with Crippen LogP contribution in [0.2, 0.25) is 0 Å². The van der Waals surface area contributed by atoms with E-state index in [1.54, 1.807) is 27.7 Å². The minimum Gasteiger partial charge on any atom is -0.459 e. The summed E-state index contributed by atoms with van der Waals surface area (Å²) in [6.07, 6.45) is -7.46. The molecule has 2 bridgehead atoms. The number of carbonyl (C=O) groups excluding carboxylic acids is 1. The van der Waals surface area contributed by atoms with Crippen LogP contribution in [0, 0.1) is 23.7 Å². The molecule has 5 fully saturated rings. The number of esters is 1. The van der Waals surface area contributed by atoms with E-state index < -0.39 is 102 Å². The van der Waals surface area contributed by atoms with Gasteiger partial charge in [-0.2, -0.15) is 0 Å². The van der Waals surface area contributed by atoms with Crippen LogP contribution in [-0.4, -0.2) is 155 Å². The molecule has 5 rings (SSSR count). The zero-order chi connectivity index (χ0) is 39.2. The summed E-state index contributed by atoms with van der Waals surface area (Å²) in [5.41, 5.74) is -3.74. The quantitative estimate of drug-likeness (QED) is 0.252. The van der Waals surface area contributed by atoms with E-state index in [0.717, 1.165) is 0 Å². The summed E-state index contributed by atoms with van der Waals surface area (Å²) in [5.74, 6) is -2.71. The number of ether oxygens (including phenoxy) is 8. The maximum Gasteiger partial charge on any atom is 0.311 e. The Kier molecular flexibility index (Phi) is 13.7. The molecule has 0 aromatic rings. The van der Waals surface area contributed by atoms with Gasteiger partial charge >= 0.3 is 5.97 Å². The van der Waals surface area contributed by atoms with Crippen LogP contribution in [0.25, 0.3) is 0 Å². The maximum absolute atomic E-state index is 14.4. The van der Waals surface area contributed by atoms with E-state index in [4.69, 9.17) is 37.9 Å². The molecule has 0 aliphatic carbocycles. The standard InChI is InChI=1S/C39H69NO13/c1-12-27(41)39(10,45)34-22(4)30-20(2)18-38(9,53-30)33(52-36-29(42)26(17-21(3)48-36)40-13-15-47-16-14-40)23(5)31(24(6)35(44)51-34)50-28-19-37(8,46-11)32(43)25(7)49-28/h20-34,36,41-43,45H,12-19H2,1-11H3/t20?,21?,22-,23-,24+,25?,26?,27+,28-,29?,30?,31-,32-,33+,34+,36-,37?,38+,39+/m0/s1. The summed E-state index contributed by atoms with van der Waals surface area (Å²) in [6, 6.07) is -0.209. The summed E-state index contributed by atoms with van der Waals surface area (Å²) in [5, 5.41) is 45.7. The summed E-state index contributed by atoms with van der Waals surface area (Å²) in [7, 11) is 1.53. The molecule has 5 aliphatic rings. The number of fused-ring (bicyclic) bond motifs is 2. The molecule has 4 N–H and O–H groups in total. The van der Waals surface area contributed by atoms with E-state index in [9.17, 15) is 25.2 Å². The number of hydrogen-bond acceptors (Lipinski definition) is 14. The molecular weight excluding hydrogens is 690 g/mol. The van der Waals surface area contributed by atoms with Crippen LogP contribution >= 0.6 is 0 Å².